The monoisotopic (exact) mass is 311 g/mol. The maximum Gasteiger partial charge on any atom is 0.315 e. The number of thiazole rings is 1. The van der Waals surface area contributed by atoms with Crippen LogP contribution in [0.4, 0.5) is 4.79 Å². The fourth-order valence-electron chi connectivity index (χ4n) is 2.87. The van der Waals surface area contributed by atoms with Crippen LogP contribution in [0.2, 0.25) is 0 Å². The Labute approximate surface area is 128 Å². The summed E-state index contributed by atoms with van der Waals surface area (Å²) in [6, 6.07) is -0.263. The van der Waals surface area contributed by atoms with E-state index in [0.717, 1.165) is 37.1 Å². The Morgan fingerprint density at radius 3 is 2.67 bits per heavy atom. The van der Waals surface area contributed by atoms with Gasteiger partial charge in [-0.1, -0.05) is 19.3 Å². The largest absolute Gasteiger partial charge is 0.481 e. The zero-order valence-electron chi connectivity index (χ0n) is 11.9. The highest BCUT2D eigenvalue weighted by Crippen LogP contribution is 2.38. The molecule has 1 saturated carbocycles. The zero-order chi connectivity index (χ0) is 15.1. The summed E-state index contributed by atoms with van der Waals surface area (Å²) in [7, 11) is 0. The lowest BCUT2D eigenvalue weighted by molar-refractivity contribution is -0.140. The molecule has 0 aliphatic heterocycles. The van der Waals surface area contributed by atoms with Gasteiger partial charge >= 0.3 is 12.0 Å². The summed E-state index contributed by atoms with van der Waals surface area (Å²) in [5.41, 5.74) is -0.289. The van der Waals surface area contributed by atoms with Crippen molar-refractivity contribution in [3.05, 3.63) is 16.6 Å². The average molecular weight is 311 g/mol. The molecule has 2 rings (SSSR count). The number of carbonyl (C=O) groups excluding carboxylic acids is 1. The van der Waals surface area contributed by atoms with Gasteiger partial charge in [-0.3, -0.25) is 4.79 Å². The number of carbonyl (C=O) groups is 2. The summed E-state index contributed by atoms with van der Waals surface area (Å²) < 4.78 is 0. The Kier molecular flexibility index (Phi) is 5.55. The number of nitrogens with one attached hydrogen (secondary N) is 2. The van der Waals surface area contributed by atoms with Crippen LogP contribution in [0.3, 0.4) is 0 Å². The third-order valence-electron chi connectivity index (χ3n) is 3.95. The van der Waals surface area contributed by atoms with E-state index in [-0.39, 0.29) is 17.9 Å². The number of carboxylic acid groups (broad SMARTS) is 1. The predicted molar refractivity (Wildman–Crippen MR) is 80.1 cm³/mol. The first-order chi connectivity index (χ1) is 10.1. The van der Waals surface area contributed by atoms with Gasteiger partial charge in [-0.05, 0) is 18.3 Å². The SMILES string of the molecule is O=C(O)CC1(CNC(=O)NCc2nccs2)CCCCC1. The van der Waals surface area contributed by atoms with Crippen LogP contribution < -0.4 is 10.6 Å². The normalized spacial score (nSPS) is 17.1. The van der Waals surface area contributed by atoms with Crippen molar-refractivity contribution >= 4 is 23.3 Å². The molecule has 2 amide bonds. The van der Waals surface area contributed by atoms with E-state index in [2.05, 4.69) is 15.6 Å². The lowest BCUT2D eigenvalue weighted by Crippen LogP contribution is -2.44. The summed E-state index contributed by atoms with van der Waals surface area (Å²) >= 11 is 1.49. The van der Waals surface area contributed by atoms with Gasteiger partial charge in [0.25, 0.3) is 0 Å². The molecule has 6 nitrogen and oxygen atoms in total. The molecule has 116 valence electrons. The van der Waals surface area contributed by atoms with E-state index in [1.165, 1.54) is 11.3 Å². The molecule has 1 fully saturated rings. The molecule has 0 spiro atoms. The Morgan fingerprint density at radius 2 is 2.05 bits per heavy atom. The van der Waals surface area contributed by atoms with E-state index < -0.39 is 5.97 Å². The summed E-state index contributed by atoms with van der Waals surface area (Å²) in [4.78, 5) is 27.0. The number of nitrogens with zero attached hydrogens (tertiary/aromatic N) is 1. The molecule has 0 saturated heterocycles. The summed E-state index contributed by atoms with van der Waals surface area (Å²) in [6.45, 7) is 0.818. The van der Waals surface area contributed by atoms with E-state index in [4.69, 9.17) is 5.11 Å². The van der Waals surface area contributed by atoms with Gasteiger partial charge in [0.2, 0.25) is 0 Å². The van der Waals surface area contributed by atoms with Gasteiger partial charge in [0.05, 0.1) is 13.0 Å². The minimum absolute atomic E-state index is 0.125. The highest BCUT2D eigenvalue weighted by molar-refractivity contribution is 7.09. The van der Waals surface area contributed by atoms with Crippen LogP contribution in [0.15, 0.2) is 11.6 Å². The maximum absolute atomic E-state index is 11.8. The van der Waals surface area contributed by atoms with E-state index in [0.29, 0.717) is 13.1 Å². The van der Waals surface area contributed by atoms with Crippen molar-refractivity contribution in [2.24, 2.45) is 5.41 Å². The van der Waals surface area contributed by atoms with Crippen LogP contribution in [0.25, 0.3) is 0 Å². The second kappa shape index (κ2) is 7.40. The Balaban J connectivity index is 1.80. The third kappa shape index (κ3) is 5.00. The molecule has 0 atom stereocenters. The third-order valence-corrected chi connectivity index (χ3v) is 4.73. The minimum Gasteiger partial charge on any atom is -0.481 e. The van der Waals surface area contributed by atoms with Crippen molar-refractivity contribution in [3.63, 3.8) is 0 Å². The van der Waals surface area contributed by atoms with Crippen LogP contribution in [0, 0.1) is 5.41 Å². The molecule has 0 bridgehead atoms. The smallest absolute Gasteiger partial charge is 0.315 e. The number of aliphatic carboxylic acids is 1. The number of hydrogen-bond donors (Lipinski definition) is 3. The minimum atomic E-state index is -0.790. The second-order valence-electron chi connectivity index (χ2n) is 5.59. The Morgan fingerprint density at radius 1 is 1.29 bits per heavy atom. The molecular weight excluding hydrogens is 290 g/mol. The van der Waals surface area contributed by atoms with E-state index in [1.807, 2.05) is 5.38 Å². The number of urea groups is 1. The summed E-state index contributed by atoms with van der Waals surface area (Å²) in [5.74, 6) is -0.790. The second-order valence-corrected chi connectivity index (χ2v) is 6.57. The first kappa shape index (κ1) is 15.8. The van der Waals surface area contributed by atoms with Crippen LogP contribution in [0.5, 0.6) is 0 Å². The molecule has 7 heteroatoms. The van der Waals surface area contributed by atoms with Gasteiger partial charge < -0.3 is 15.7 Å². The van der Waals surface area contributed by atoms with Gasteiger partial charge in [-0.2, -0.15) is 0 Å². The molecule has 0 aromatic carbocycles. The molecule has 0 radical (unpaired) electrons. The highest BCUT2D eigenvalue weighted by Gasteiger charge is 2.34. The van der Waals surface area contributed by atoms with Crippen molar-refractivity contribution in [2.45, 2.75) is 45.1 Å². The van der Waals surface area contributed by atoms with Crippen molar-refractivity contribution < 1.29 is 14.7 Å². The van der Waals surface area contributed by atoms with Gasteiger partial charge in [0.15, 0.2) is 0 Å². The van der Waals surface area contributed by atoms with Crippen molar-refractivity contribution in [1.29, 1.82) is 0 Å². The number of carboxylic acids is 1. The van der Waals surface area contributed by atoms with Gasteiger partial charge in [0, 0.05) is 18.1 Å². The summed E-state index contributed by atoms with van der Waals surface area (Å²) in [5, 5.41) is 17.4. The first-order valence-corrected chi connectivity index (χ1v) is 8.09. The van der Waals surface area contributed by atoms with Gasteiger partial charge in [0.1, 0.15) is 5.01 Å². The number of aromatic nitrogens is 1. The molecule has 3 N–H and O–H groups in total. The van der Waals surface area contributed by atoms with Crippen molar-refractivity contribution in [3.8, 4) is 0 Å². The fraction of sp³-hybridized carbons (Fsp3) is 0.643. The standard InChI is InChI=1S/C14H21N3O3S/c18-12(19)8-14(4-2-1-3-5-14)10-17-13(20)16-9-11-15-6-7-21-11/h6-7H,1-5,8-10H2,(H,18,19)(H2,16,17,20). The zero-order valence-corrected chi connectivity index (χ0v) is 12.7. The number of rotatable bonds is 6. The lowest BCUT2D eigenvalue weighted by atomic mass is 9.72. The molecule has 21 heavy (non-hydrogen) atoms. The molecule has 1 aromatic rings. The predicted octanol–water partition coefficient (Wildman–Crippen LogP) is 2.37. The average Bonchev–Trinajstić information content (AvgIpc) is 2.96. The van der Waals surface area contributed by atoms with Gasteiger partial charge in [-0.25, -0.2) is 9.78 Å². The van der Waals surface area contributed by atoms with Crippen LogP contribution in [-0.4, -0.2) is 28.6 Å². The quantitative estimate of drug-likeness (QED) is 0.752. The van der Waals surface area contributed by atoms with E-state index >= 15 is 0 Å². The highest BCUT2D eigenvalue weighted by atomic mass is 32.1. The van der Waals surface area contributed by atoms with Crippen molar-refractivity contribution in [2.75, 3.05) is 6.54 Å². The number of hydrogen-bond acceptors (Lipinski definition) is 4. The maximum atomic E-state index is 11.8. The van der Waals surface area contributed by atoms with Crippen molar-refractivity contribution in [1.82, 2.24) is 15.6 Å². The van der Waals surface area contributed by atoms with Crippen LogP contribution >= 0.6 is 11.3 Å². The Hall–Kier alpha value is -1.63. The van der Waals surface area contributed by atoms with E-state index in [1.54, 1.807) is 6.20 Å². The topological polar surface area (TPSA) is 91.3 Å². The molecular formula is C14H21N3O3S. The Bertz CT molecular complexity index is 470. The molecule has 0 unspecified atom stereocenters. The fourth-order valence-corrected chi connectivity index (χ4v) is 3.42. The molecule has 1 aliphatic carbocycles. The lowest BCUT2D eigenvalue weighted by Gasteiger charge is -2.36. The molecule has 1 aliphatic rings. The molecule has 1 heterocycles. The number of amides is 2. The van der Waals surface area contributed by atoms with Gasteiger partial charge in [-0.15, -0.1) is 11.3 Å². The summed E-state index contributed by atoms with van der Waals surface area (Å²) in [6.07, 6.45) is 6.78. The molecule has 1 aromatic heterocycles. The van der Waals surface area contributed by atoms with Crippen LogP contribution in [-0.2, 0) is 11.3 Å². The van der Waals surface area contributed by atoms with E-state index in [9.17, 15) is 9.59 Å². The first-order valence-electron chi connectivity index (χ1n) is 7.22. The van der Waals surface area contributed by atoms with Crippen LogP contribution in [0.1, 0.15) is 43.5 Å².